The monoisotopic (exact) mass is 306 g/mol. The molecule has 22 heavy (non-hydrogen) atoms. The summed E-state index contributed by atoms with van der Waals surface area (Å²) in [6.07, 6.45) is 3.72. The molecule has 8 heteroatoms. The van der Waals surface area contributed by atoms with E-state index < -0.39 is 27.2 Å². The third-order valence-corrected chi connectivity index (χ3v) is 4.48. The van der Waals surface area contributed by atoms with Crippen molar-refractivity contribution in [2.24, 2.45) is 11.8 Å². The molecule has 1 atom stereocenters. The van der Waals surface area contributed by atoms with E-state index in [4.69, 9.17) is 4.74 Å². The second kappa shape index (κ2) is 5.36. The van der Waals surface area contributed by atoms with Gasteiger partial charge in [-0.2, -0.15) is 0 Å². The number of carbonyl (C=O) groups is 1. The number of hydrogen-bond donors (Lipinski definition) is 0. The molecule has 3 aliphatic carbocycles. The van der Waals surface area contributed by atoms with Crippen LogP contribution < -0.4 is 0 Å². The van der Waals surface area contributed by atoms with Crippen LogP contribution in [0.25, 0.3) is 0 Å². The van der Waals surface area contributed by atoms with Gasteiger partial charge in [-0.25, -0.2) is 4.79 Å². The normalized spacial score (nSPS) is 25.9. The van der Waals surface area contributed by atoms with Crippen LogP contribution in [0.3, 0.4) is 0 Å². The van der Waals surface area contributed by atoms with E-state index in [0.717, 1.165) is 49.8 Å². The lowest BCUT2D eigenvalue weighted by molar-refractivity contribution is -0.394. The Labute approximate surface area is 125 Å². The van der Waals surface area contributed by atoms with Crippen molar-refractivity contribution in [2.45, 2.75) is 31.8 Å². The maximum Gasteiger partial charge on any atom is 0.338 e. The van der Waals surface area contributed by atoms with E-state index in [-0.39, 0.29) is 11.7 Å². The van der Waals surface area contributed by atoms with Crippen LogP contribution in [0.5, 0.6) is 0 Å². The summed E-state index contributed by atoms with van der Waals surface area (Å²) in [4.78, 5) is 32.3. The van der Waals surface area contributed by atoms with Crippen LogP contribution in [0.15, 0.2) is 18.2 Å². The maximum atomic E-state index is 12.2. The largest absolute Gasteiger partial charge is 0.458 e. The van der Waals surface area contributed by atoms with Gasteiger partial charge >= 0.3 is 5.97 Å². The number of esters is 1. The van der Waals surface area contributed by atoms with Gasteiger partial charge in [0, 0.05) is 12.1 Å². The average Bonchev–Trinajstić information content (AvgIpc) is 2.45. The van der Waals surface area contributed by atoms with E-state index in [1.807, 2.05) is 0 Å². The van der Waals surface area contributed by atoms with Crippen molar-refractivity contribution in [2.75, 3.05) is 0 Å². The van der Waals surface area contributed by atoms with Crippen molar-refractivity contribution >= 4 is 17.3 Å². The van der Waals surface area contributed by atoms with Crippen molar-refractivity contribution in [1.29, 1.82) is 0 Å². The van der Waals surface area contributed by atoms with Crippen LogP contribution in [0, 0.1) is 32.1 Å². The summed E-state index contributed by atoms with van der Waals surface area (Å²) in [7, 11) is 0. The summed E-state index contributed by atoms with van der Waals surface area (Å²) in [5.41, 5.74) is -1.13. The van der Waals surface area contributed by atoms with Crippen LogP contribution in [0.2, 0.25) is 0 Å². The molecule has 2 bridgehead atoms. The SMILES string of the molecule is O=C(O[C@H]1CCC2CC1C2)c1cc([N+](=O)[O-])cc([N+](=O)[O-])c1. The van der Waals surface area contributed by atoms with Gasteiger partial charge in [-0.05, 0) is 37.5 Å². The van der Waals surface area contributed by atoms with E-state index >= 15 is 0 Å². The number of benzene rings is 1. The van der Waals surface area contributed by atoms with Gasteiger partial charge in [0.05, 0.1) is 21.5 Å². The Morgan fingerprint density at radius 1 is 1.05 bits per heavy atom. The second-order valence-electron chi connectivity index (χ2n) is 5.87. The molecule has 0 unspecified atom stereocenters. The molecule has 0 aliphatic heterocycles. The Hall–Kier alpha value is -2.51. The predicted molar refractivity (Wildman–Crippen MR) is 74.4 cm³/mol. The second-order valence-corrected chi connectivity index (χ2v) is 5.87. The molecule has 116 valence electrons. The first-order chi connectivity index (χ1) is 10.4. The molecule has 0 amide bonds. The third-order valence-electron chi connectivity index (χ3n) is 4.48. The minimum Gasteiger partial charge on any atom is -0.458 e. The minimum atomic E-state index is -0.763. The smallest absolute Gasteiger partial charge is 0.338 e. The van der Waals surface area contributed by atoms with E-state index in [1.165, 1.54) is 0 Å². The molecule has 0 spiro atoms. The van der Waals surface area contributed by atoms with Gasteiger partial charge < -0.3 is 4.74 Å². The zero-order chi connectivity index (χ0) is 15.9. The van der Waals surface area contributed by atoms with Gasteiger partial charge in [-0.3, -0.25) is 20.2 Å². The van der Waals surface area contributed by atoms with Crippen molar-refractivity contribution in [3.8, 4) is 0 Å². The molecule has 1 aromatic carbocycles. The Morgan fingerprint density at radius 2 is 1.64 bits per heavy atom. The fourth-order valence-corrected chi connectivity index (χ4v) is 3.25. The highest BCUT2D eigenvalue weighted by atomic mass is 16.6. The maximum absolute atomic E-state index is 12.2. The third kappa shape index (κ3) is 2.63. The molecule has 1 aromatic rings. The van der Waals surface area contributed by atoms with Crippen molar-refractivity contribution < 1.29 is 19.4 Å². The van der Waals surface area contributed by atoms with Crippen LogP contribution >= 0.6 is 0 Å². The molecule has 0 radical (unpaired) electrons. The number of hydrogen-bond acceptors (Lipinski definition) is 6. The number of carbonyl (C=O) groups excluding carboxylic acids is 1. The molecule has 0 N–H and O–H groups in total. The van der Waals surface area contributed by atoms with Gasteiger partial charge in [0.25, 0.3) is 11.4 Å². The quantitative estimate of drug-likeness (QED) is 0.480. The molecule has 3 aliphatic rings. The highest BCUT2D eigenvalue weighted by Crippen LogP contribution is 2.46. The zero-order valence-electron chi connectivity index (χ0n) is 11.6. The molecule has 0 saturated heterocycles. The summed E-state index contributed by atoms with van der Waals surface area (Å²) in [6.45, 7) is 0. The molecule has 0 heterocycles. The van der Waals surface area contributed by atoms with Gasteiger partial charge in [-0.1, -0.05) is 0 Å². The molecule has 0 aromatic heterocycles. The van der Waals surface area contributed by atoms with Crippen molar-refractivity contribution in [3.63, 3.8) is 0 Å². The van der Waals surface area contributed by atoms with Gasteiger partial charge in [0.1, 0.15) is 6.10 Å². The van der Waals surface area contributed by atoms with Gasteiger partial charge in [0.15, 0.2) is 0 Å². The van der Waals surface area contributed by atoms with Crippen molar-refractivity contribution in [1.82, 2.24) is 0 Å². The summed E-state index contributed by atoms with van der Waals surface area (Å²) in [5, 5.41) is 21.7. The highest BCUT2D eigenvalue weighted by molar-refractivity contribution is 5.91. The first-order valence-corrected chi connectivity index (χ1v) is 7.09. The standard InChI is InChI=1S/C14H14N2O6/c17-14(22-13-2-1-8-3-9(13)4-8)10-5-11(15(18)19)7-12(6-10)16(20)21/h5-9,13H,1-4H2/t8?,9?,13-/m0/s1. The predicted octanol–water partition coefficient (Wildman–Crippen LogP) is 2.85. The average molecular weight is 306 g/mol. The lowest BCUT2D eigenvalue weighted by Crippen LogP contribution is -2.42. The summed E-state index contributed by atoms with van der Waals surface area (Å²) in [5.74, 6) is 0.359. The lowest BCUT2D eigenvalue weighted by Gasteiger charge is -2.45. The first kappa shape index (κ1) is 14.4. The Balaban J connectivity index is 1.81. The molecular weight excluding hydrogens is 292 g/mol. The Morgan fingerprint density at radius 3 is 2.09 bits per heavy atom. The van der Waals surface area contributed by atoms with E-state index in [2.05, 4.69) is 0 Å². The van der Waals surface area contributed by atoms with E-state index in [9.17, 15) is 25.0 Å². The Kier molecular flexibility index (Phi) is 3.51. The summed E-state index contributed by atoms with van der Waals surface area (Å²) in [6, 6.07) is 2.86. The van der Waals surface area contributed by atoms with Gasteiger partial charge in [0.2, 0.25) is 0 Å². The number of nitrogens with zero attached hydrogens (tertiary/aromatic N) is 2. The van der Waals surface area contributed by atoms with E-state index in [1.54, 1.807) is 0 Å². The molecule has 8 nitrogen and oxygen atoms in total. The topological polar surface area (TPSA) is 113 Å². The fraction of sp³-hybridized carbons (Fsp3) is 0.500. The first-order valence-electron chi connectivity index (χ1n) is 7.09. The molecule has 3 saturated carbocycles. The van der Waals surface area contributed by atoms with Crippen LogP contribution in [0.4, 0.5) is 11.4 Å². The zero-order valence-corrected chi connectivity index (χ0v) is 11.6. The number of rotatable bonds is 4. The van der Waals surface area contributed by atoms with E-state index in [0.29, 0.717) is 5.92 Å². The van der Waals surface area contributed by atoms with Gasteiger partial charge in [-0.15, -0.1) is 0 Å². The van der Waals surface area contributed by atoms with Crippen molar-refractivity contribution in [3.05, 3.63) is 44.0 Å². The number of ether oxygens (including phenoxy) is 1. The minimum absolute atomic E-state index is 0.151. The van der Waals surface area contributed by atoms with Crippen LogP contribution in [-0.2, 0) is 4.74 Å². The molecule has 3 fully saturated rings. The summed E-state index contributed by atoms with van der Waals surface area (Å²) < 4.78 is 5.41. The summed E-state index contributed by atoms with van der Waals surface area (Å²) >= 11 is 0. The fourth-order valence-electron chi connectivity index (χ4n) is 3.25. The van der Waals surface area contributed by atoms with Crippen LogP contribution in [0.1, 0.15) is 36.0 Å². The molecule has 4 rings (SSSR count). The highest BCUT2D eigenvalue weighted by Gasteiger charge is 2.42. The number of fused-ring (bicyclic) bond motifs is 2. The number of non-ortho nitro benzene ring substituents is 2. The van der Waals surface area contributed by atoms with Crippen LogP contribution in [-0.4, -0.2) is 21.9 Å². The molecular formula is C14H14N2O6. The Bertz CT molecular complexity index is 618. The lowest BCUT2D eigenvalue weighted by atomic mass is 9.64. The number of nitro benzene ring substituents is 2. The number of nitro groups is 2.